The molecule has 1 aliphatic rings. The molecule has 0 radical (unpaired) electrons. The van der Waals surface area contributed by atoms with Crippen LogP contribution in [0.3, 0.4) is 0 Å². The molecule has 108 valence electrons. The Morgan fingerprint density at radius 2 is 2.20 bits per heavy atom. The lowest BCUT2D eigenvalue weighted by atomic mass is 9.90. The highest BCUT2D eigenvalue weighted by Gasteiger charge is 2.42. The number of carboxylic acids is 1. The van der Waals surface area contributed by atoms with Gasteiger partial charge >= 0.3 is 12.0 Å². The molecule has 1 aliphatic heterocycles. The van der Waals surface area contributed by atoms with E-state index in [0.29, 0.717) is 23.1 Å². The van der Waals surface area contributed by atoms with Crippen molar-refractivity contribution in [1.82, 2.24) is 4.90 Å². The third-order valence-corrected chi connectivity index (χ3v) is 4.09. The number of carbonyl (C=O) groups is 2. The van der Waals surface area contributed by atoms with Gasteiger partial charge in [0.2, 0.25) is 0 Å². The Bertz CT molecular complexity index is 567. The summed E-state index contributed by atoms with van der Waals surface area (Å²) in [6, 6.07) is 3.85. The molecule has 1 aromatic rings. The molecule has 0 saturated carbocycles. The standard InChI is InChI=1S/C13H14BrFN2O3/c1-13(11(18)19)4-5-17(7-13)12(20)16-8-2-3-9(14)10(15)6-8/h2-3,6H,4-5,7H2,1H3,(H,16,20)(H,18,19). The lowest BCUT2D eigenvalue weighted by molar-refractivity contribution is -0.146. The largest absolute Gasteiger partial charge is 0.481 e. The van der Waals surface area contributed by atoms with Gasteiger partial charge in [-0.15, -0.1) is 0 Å². The molecule has 5 nitrogen and oxygen atoms in total. The van der Waals surface area contributed by atoms with E-state index in [0.717, 1.165) is 0 Å². The summed E-state index contributed by atoms with van der Waals surface area (Å²) in [6.07, 6.45) is 0.407. The van der Waals surface area contributed by atoms with E-state index in [1.165, 1.54) is 17.0 Å². The number of carbonyl (C=O) groups excluding carboxylic acids is 1. The number of likely N-dealkylation sites (tertiary alicyclic amines) is 1. The minimum absolute atomic E-state index is 0.146. The molecule has 2 amide bonds. The SMILES string of the molecule is CC1(C(=O)O)CCN(C(=O)Nc2ccc(Br)c(F)c2)C1. The Hall–Kier alpha value is -1.63. The van der Waals surface area contributed by atoms with Crippen LogP contribution in [0.5, 0.6) is 0 Å². The first kappa shape index (κ1) is 14.8. The summed E-state index contributed by atoms with van der Waals surface area (Å²) in [5.41, 5.74) is -0.581. The molecule has 1 heterocycles. The molecule has 1 atom stereocenters. The van der Waals surface area contributed by atoms with E-state index in [4.69, 9.17) is 5.11 Å². The third kappa shape index (κ3) is 2.92. The zero-order valence-electron chi connectivity index (χ0n) is 10.8. The first-order valence-electron chi connectivity index (χ1n) is 6.06. The topological polar surface area (TPSA) is 69.6 Å². The van der Waals surface area contributed by atoms with Gasteiger partial charge in [-0.3, -0.25) is 4.79 Å². The Morgan fingerprint density at radius 3 is 2.75 bits per heavy atom. The number of rotatable bonds is 2. The van der Waals surface area contributed by atoms with Crippen LogP contribution in [0.25, 0.3) is 0 Å². The van der Waals surface area contributed by atoms with Crippen LogP contribution in [0.4, 0.5) is 14.9 Å². The van der Waals surface area contributed by atoms with E-state index < -0.39 is 23.2 Å². The number of amides is 2. The number of benzene rings is 1. The molecule has 2 rings (SSSR count). The van der Waals surface area contributed by atoms with Gasteiger partial charge in [-0.2, -0.15) is 0 Å². The van der Waals surface area contributed by atoms with Crippen molar-refractivity contribution in [1.29, 1.82) is 0 Å². The van der Waals surface area contributed by atoms with Crippen LogP contribution in [-0.2, 0) is 4.79 Å². The van der Waals surface area contributed by atoms with Gasteiger partial charge in [0.25, 0.3) is 0 Å². The maximum atomic E-state index is 13.3. The highest BCUT2D eigenvalue weighted by Crippen LogP contribution is 2.30. The maximum absolute atomic E-state index is 13.3. The number of nitrogens with zero attached hydrogens (tertiary/aromatic N) is 1. The monoisotopic (exact) mass is 344 g/mol. The van der Waals surface area contributed by atoms with Crippen molar-refractivity contribution in [2.24, 2.45) is 5.41 Å². The number of hydrogen-bond donors (Lipinski definition) is 2. The van der Waals surface area contributed by atoms with Gasteiger partial charge in [0.15, 0.2) is 0 Å². The van der Waals surface area contributed by atoms with Gasteiger partial charge in [0, 0.05) is 18.8 Å². The summed E-state index contributed by atoms with van der Waals surface area (Å²) in [5.74, 6) is -1.39. The minimum Gasteiger partial charge on any atom is -0.481 e. The third-order valence-electron chi connectivity index (χ3n) is 3.45. The van der Waals surface area contributed by atoms with Crippen molar-refractivity contribution >= 4 is 33.6 Å². The van der Waals surface area contributed by atoms with E-state index in [1.807, 2.05) is 0 Å². The highest BCUT2D eigenvalue weighted by atomic mass is 79.9. The molecule has 2 N–H and O–H groups in total. The van der Waals surface area contributed by atoms with Crippen LogP contribution in [0, 0.1) is 11.2 Å². The number of hydrogen-bond acceptors (Lipinski definition) is 2. The quantitative estimate of drug-likeness (QED) is 0.866. The molecule has 7 heteroatoms. The second-order valence-corrected chi connectivity index (χ2v) is 5.95. The van der Waals surface area contributed by atoms with Crippen molar-refractivity contribution in [2.75, 3.05) is 18.4 Å². The number of nitrogens with one attached hydrogen (secondary N) is 1. The number of urea groups is 1. The number of halogens is 2. The van der Waals surface area contributed by atoms with Crippen LogP contribution < -0.4 is 5.32 Å². The molecule has 1 unspecified atom stereocenters. The molecule has 1 saturated heterocycles. The van der Waals surface area contributed by atoms with Crippen molar-refractivity contribution in [2.45, 2.75) is 13.3 Å². The van der Waals surface area contributed by atoms with Gasteiger partial charge in [0.05, 0.1) is 9.89 Å². The number of aliphatic carboxylic acids is 1. The van der Waals surface area contributed by atoms with E-state index in [2.05, 4.69) is 21.2 Å². The molecule has 20 heavy (non-hydrogen) atoms. The van der Waals surface area contributed by atoms with Gasteiger partial charge < -0.3 is 15.3 Å². The summed E-state index contributed by atoms with van der Waals surface area (Å²) in [7, 11) is 0. The van der Waals surface area contributed by atoms with Crippen molar-refractivity contribution in [3.63, 3.8) is 0 Å². The second-order valence-electron chi connectivity index (χ2n) is 5.10. The summed E-state index contributed by atoms with van der Waals surface area (Å²) in [6.45, 7) is 2.13. The fourth-order valence-corrected chi connectivity index (χ4v) is 2.33. The zero-order valence-corrected chi connectivity index (χ0v) is 12.4. The smallest absolute Gasteiger partial charge is 0.321 e. The summed E-state index contributed by atoms with van der Waals surface area (Å²) >= 11 is 3.03. The second kappa shape index (κ2) is 5.40. The van der Waals surface area contributed by atoms with Gasteiger partial charge in [-0.25, -0.2) is 9.18 Å². The van der Waals surface area contributed by atoms with E-state index in [1.54, 1.807) is 13.0 Å². The maximum Gasteiger partial charge on any atom is 0.321 e. The predicted octanol–water partition coefficient (Wildman–Crippen LogP) is 2.92. The summed E-state index contributed by atoms with van der Waals surface area (Å²) in [4.78, 5) is 24.6. The molecule has 0 aromatic heterocycles. The van der Waals surface area contributed by atoms with Crippen LogP contribution in [0.1, 0.15) is 13.3 Å². The number of anilines is 1. The summed E-state index contributed by atoms with van der Waals surface area (Å²) in [5, 5.41) is 11.7. The van der Waals surface area contributed by atoms with Gasteiger partial charge in [-0.1, -0.05) is 0 Å². The Labute approximate surface area is 123 Å². The lowest BCUT2D eigenvalue weighted by Crippen LogP contribution is -2.37. The first-order valence-corrected chi connectivity index (χ1v) is 6.85. The normalized spacial score (nSPS) is 21.9. The zero-order chi connectivity index (χ0) is 14.9. The van der Waals surface area contributed by atoms with E-state index in [9.17, 15) is 14.0 Å². The fraction of sp³-hybridized carbons (Fsp3) is 0.385. The molecule has 0 aliphatic carbocycles. The van der Waals surface area contributed by atoms with Crippen molar-refractivity contribution in [3.8, 4) is 0 Å². The number of carboxylic acid groups (broad SMARTS) is 1. The molecule has 1 aromatic carbocycles. The lowest BCUT2D eigenvalue weighted by Gasteiger charge is -2.20. The summed E-state index contributed by atoms with van der Waals surface area (Å²) < 4.78 is 13.7. The molecule has 1 fully saturated rings. The molecular weight excluding hydrogens is 331 g/mol. The Kier molecular flexibility index (Phi) is 3.99. The Morgan fingerprint density at radius 1 is 1.50 bits per heavy atom. The van der Waals surface area contributed by atoms with E-state index in [-0.39, 0.29) is 6.54 Å². The van der Waals surface area contributed by atoms with Gasteiger partial charge in [0.1, 0.15) is 5.82 Å². The molecular formula is C13H14BrFN2O3. The minimum atomic E-state index is -0.914. The average molecular weight is 345 g/mol. The Balaban J connectivity index is 2.03. The van der Waals surface area contributed by atoms with Crippen molar-refractivity contribution < 1.29 is 19.1 Å². The average Bonchev–Trinajstić information content (AvgIpc) is 2.78. The van der Waals surface area contributed by atoms with E-state index >= 15 is 0 Å². The van der Waals surface area contributed by atoms with Crippen LogP contribution in [0.2, 0.25) is 0 Å². The van der Waals surface area contributed by atoms with Crippen molar-refractivity contribution in [3.05, 3.63) is 28.5 Å². The van der Waals surface area contributed by atoms with Crippen LogP contribution >= 0.6 is 15.9 Å². The first-order chi connectivity index (χ1) is 9.32. The predicted molar refractivity (Wildman–Crippen MR) is 75.1 cm³/mol. The van der Waals surface area contributed by atoms with Gasteiger partial charge in [-0.05, 0) is 47.5 Å². The highest BCUT2D eigenvalue weighted by molar-refractivity contribution is 9.10. The molecule has 0 spiro atoms. The fourth-order valence-electron chi connectivity index (χ4n) is 2.09. The molecule has 0 bridgehead atoms. The van der Waals surface area contributed by atoms with Crippen LogP contribution in [-0.4, -0.2) is 35.1 Å². The van der Waals surface area contributed by atoms with Crippen LogP contribution in [0.15, 0.2) is 22.7 Å².